The summed E-state index contributed by atoms with van der Waals surface area (Å²) < 4.78 is 9.98. The fourth-order valence-corrected chi connectivity index (χ4v) is 3.33. The molecule has 0 saturated heterocycles. The minimum atomic E-state index is -0.880. The Balaban J connectivity index is 2.47. The minimum Gasteiger partial charge on any atom is -0.464 e. The highest BCUT2D eigenvalue weighted by atomic mass is 35.5. The predicted molar refractivity (Wildman–Crippen MR) is 135 cm³/mol. The van der Waals surface area contributed by atoms with E-state index in [1.165, 1.54) is 32.9 Å². The van der Waals surface area contributed by atoms with Crippen LogP contribution in [0, 0.1) is 20.2 Å². The summed E-state index contributed by atoms with van der Waals surface area (Å²) in [6.45, 7) is 4.31. The minimum absolute atomic E-state index is 0.0364. The average Bonchev–Trinajstić information content (AvgIpc) is 2.81. The molecule has 0 fully saturated rings. The van der Waals surface area contributed by atoms with Gasteiger partial charge in [-0.3, -0.25) is 34.6 Å². The smallest absolute Gasteiger partial charge is 0.305 e. The number of azo groups is 1. The topological polar surface area (TPSA) is 196 Å². The lowest BCUT2D eigenvalue weighted by Gasteiger charge is -2.25. The molecule has 0 radical (unpaired) electrons. The van der Waals surface area contributed by atoms with Gasteiger partial charge in [0.25, 0.3) is 5.69 Å². The van der Waals surface area contributed by atoms with Crippen LogP contribution in [0.4, 0.5) is 34.1 Å². The molecule has 1 amide bonds. The number of ether oxygens (including phenoxy) is 2. The van der Waals surface area contributed by atoms with Gasteiger partial charge in [-0.15, -0.1) is 10.2 Å². The zero-order valence-corrected chi connectivity index (χ0v) is 21.3. The van der Waals surface area contributed by atoms with Crippen LogP contribution in [0.2, 0.25) is 5.02 Å². The summed E-state index contributed by atoms with van der Waals surface area (Å²) in [5, 5.41) is 32.5. The predicted octanol–water partition coefficient (Wildman–Crippen LogP) is 4.46. The van der Waals surface area contributed by atoms with Crippen molar-refractivity contribution in [2.24, 2.45) is 10.2 Å². The van der Waals surface area contributed by atoms with E-state index in [-0.39, 0.29) is 42.7 Å². The van der Waals surface area contributed by atoms with Crippen molar-refractivity contribution < 1.29 is 33.7 Å². The standard InChI is InChI=1S/C22H23ClN6O9/c1-13(30)24-20-11-16(27(6-8-37-14(2)31)7-9-38-15(3)32)4-5-19(20)25-26-22-18(23)10-17(28(33)34)12-21(22)29(35)36/h4-5,10-12H,6-9H2,1-3H3,(H,24,30). The lowest BCUT2D eigenvalue weighted by Crippen LogP contribution is -2.32. The number of amides is 1. The van der Waals surface area contributed by atoms with Crippen molar-refractivity contribution in [1.29, 1.82) is 0 Å². The van der Waals surface area contributed by atoms with Crippen molar-refractivity contribution in [2.45, 2.75) is 20.8 Å². The van der Waals surface area contributed by atoms with E-state index in [9.17, 15) is 34.6 Å². The van der Waals surface area contributed by atoms with Gasteiger partial charge in [0.1, 0.15) is 18.9 Å². The Hall–Kier alpha value is -4.66. The Morgan fingerprint density at radius 3 is 2.05 bits per heavy atom. The number of carbonyl (C=O) groups is 3. The van der Waals surface area contributed by atoms with Crippen LogP contribution in [0.3, 0.4) is 0 Å². The highest BCUT2D eigenvalue weighted by Crippen LogP contribution is 2.40. The highest BCUT2D eigenvalue weighted by molar-refractivity contribution is 6.33. The highest BCUT2D eigenvalue weighted by Gasteiger charge is 2.24. The Bertz CT molecular complexity index is 1260. The van der Waals surface area contributed by atoms with E-state index in [0.717, 1.165) is 6.07 Å². The van der Waals surface area contributed by atoms with E-state index in [4.69, 9.17) is 21.1 Å². The van der Waals surface area contributed by atoms with E-state index >= 15 is 0 Å². The molecule has 38 heavy (non-hydrogen) atoms. The maximum Gasteiger partial charge on any atom is 0.305 e. The van der Waals surface area contributed by atoms with Crippen molar-refractivity contribution in [3.8, 4) is 0 Å². The third kappa shape index (κ3) is 8.77. The number of benzene rings is 2. The number of nitrogens with zero attached hydrogens (tertiary/aromatic N) is 5. The zero-order valence-electron chi connectivity index (χ0n) is 20.5. The van der Waals surface area contributed by atoms with Crippen LogP contribution in [-0.4, -0.2) is 54.0 Å². The number of nitrogens with one attached hydrogen (secondary N) is 1. The Morgan fingerprint density at radius 2 is 1.55 bits per heavy atom. The molecule has 0 heterocycles. The second kappa shape index (κ2) is 13.6. The number of esters is 2. The van der Waals surface area contributed by atoms with Gasteiger partial charge in [0.15, 0.2) is 5.69 Å². The van der Waals surface area contributed by atoms with Crippen LogP contribution in [0.15, 0.2) is 40.6 Å². The van der Waals surface area contributed by atoms with Gasteiger partial charge in [0, 0.05) is 32.5 Å². The van der Waals surface area contributed by atoms with Gasteiger partial charge in [-0.05, 0) is 18.2 Å². The molecular formula is C22H23ClN6O9. The number of rotatable bonds is 12. The molecule has 0 aliphatic heterocycles. The summed E-state index contributed by atoms with van der Waals surface area (Å²) in [4.78, 5) is 56.6. The summed E-state index contributed by atoms with van der Waals surface area (Å²) in [5.41, 5.74) is -0.938. The third-order valence-electron chi connectivity index (χ3n) is 4.68. The molecule has 15 nitrogen and oxygen atoms in total. The largest absolute Gasteiger partial charge is 0.464 e. The first-order valence-corrected chi connectivity index (χ1v) is 11.2. The number of hydrogen-bond acceptors (Lipinski definition) is 12. The molecule has 0 atom stereocenters. The zero-order chi connectivity index (χ0) is 28.4. The van der Waals surface area contributed by atoms with Gasteiger partial charge in [-0.1, -0.05) is 11.6 Å². The molecular weight excluding hydrogens is 528 g/mol. The van der Waals surface area contributed by atoms with Crippen molar-refractivity contribution in [1.82, 2.24) is 0 Å². The molecule has 16 heteroatoms. The van der Waals surface area contributed by atoms with Gasteiger partial charge < -0.3 is 19.7 Å². The Labute approximate surface area is 220 Å². The van der Waals surface area contributed by atoms with Gasteiger partial charge in [-0.2, -0.15) is 0 Å². The summed E-state index contributed by atoms with van der Waals surface area (Å²) in [6, 6.07) is 6.20. The fraction of sp³-hybridized carbons (Fsp3) is 0.318. The van der Waals surface area contributed by atoms with Crippen LogP contribution >= 0.6 is 11.6 Å². The lowest BCUT2D eigenvalue weighted by molar-refractivity contribution is -0.393. The van der Waals surface area contributed by atoms with E-state index in [2.05, 4.69) is 15.5 Å². The lowest BCUT2D eigenvalue weighted by atomic mass is 10.2. The Kier molecular flexibility index (Phi) is 10.6. The quantitative estimate of drug-likeness (QED) is 0.170. The van der Waals surface area contributed by atoms with Gasteiger partial charge in [0.2, 0.25) is 5.91 Å². The summed E-state index contributed by atoms with van der Waals surface area (Å²) in [6.07, 6.45) is 0. The summed E-state index contributed by atoms with van der Waals surface area (Å²) in [5.74, 6) is -1.40. The second-order valence-corrected chi connectivity index (χ2v) is 7.97. The van der Waals surface area contributed by atoms with E-state index in [1.807, 2.05) is 0 Å². The molecule has 1 N–H and O–H groups in total. The van der Waals surface area contributed by atoms with E-state index in [1.54, 1.807) is 11.0 Å². The molecule has 2 aromatic carbocycles. The number of halogens is 1. The first-order valence-electron chi connectivity index (χ1n) is 10.9. The SMILES string of the molecule is CC(=O)Nc1cc(N(CCOC(C)=O)CCOC(C)=O)ccc1N=Nc1c(Cl)cc([N+](=O)[O-])cc1[N+](=O)[O-]. The average molecular weight is 551 g/mol. The number of non-ortho nitro benzene ring substituents is 1. The number of anilines is 2. The molecule has 0 unspecified atom stereocenters. The second-order valence-electron chi connectivity index (χ2n) is 7.56. The number of hydrogen-bond donors (Lipinski definition) is 1. The van der Waals surface area contributed by atoms with E-state index < -0.39 is 44.8 Å². The maximum absolute atomic E-state index is 11.8. The first kappa shape index (κ1) is 29.6. The van der Waals surface area contributed by atoms with Crippen LogP contribution in [-0.2, 0) is 23.9 Å². The van der Waals surface area contributed by atoms with Gasteiger partial charge >= 0.3 is 17.6 Å². The van der Waals surface area contributed by atoms with Crippen LogP contribution in [0.5, 0.6) is 0 Å². The van der Waals surface area contributed by atoms with Crippen LogP contribution in [0.1, 0.15) is 20.8 Å². The number of carbonyl (C=O) groups excluding carboxylic acids is 3. The molecule has 2 rings (SSSR count). The van der Waals surface area contributed by atoms with Gasteiger partial charge in [-0.25, -0.2) is 0 Å². The van der Waals surface area contributed by atoms with Gasteiger partial charge in [0.05, 0.1) is 39.7 Å². The molecule has 0 spiro atoms. The van der Waals surface area contributed by atoms with Crippen molar-refractivity contribution in [3.05, 3.63) is 55.6 Å². The molecule has 0 aliphatic rings. The first-order chi connectivity index (χ1) is 17.9. The third-order valence-corrected chi connectivity index (χ3v) is 4.97. The molecule has 0 saturated carbocycles. The molecule has 0 bridgehead atoms. The van der Waals surface area contributed by atoms with Crippen molar-refractivity contribution >= 4 is 63.6 Å². The van der Waals surface area contributed by atoms with Crippen LogP contribution < -0.4 is 10.2 Å². The molecule has 0 aliphatic carbocycles. The van der Waals surface area contributed by atoms with E-state index in [0.29, 0.717) is 11.8 Å². The summed E-state index contributed by atoms with van der Waals surface area (Å²) >= 11 is 6.01. The number of nitro groups is 2. The van der Waals surface area contributed by atoms with Crippen molar-refractivity contribution in [2.75, 3.05) is 36.5 Å². The maximum atomic E-state index is 11.8. The monoisotopic (exact) mass is 550 g/mol. The number of nitro benzene ring substituents is 2. The molecule has 2 aromatic rings. The summed E-state index contributed by atoms with van der Waals surface area (Å²) in [7, 11) is 0. The van der Waals surface area contributed by atoms with Crippen molar-refractivity contribution in [3.63, 3.8) is 0 Å². The Morgan fingerprint density at radius 1 is 0.947 bits per heavy atom. The molecule has 0 aromatic heterocycles. The normalized spacial score (nSPS) is 10.6. The molecule has 202 valence electrons. The fourth-order valence-electron chi connectivity index (χ4n) is 3.08. The van der Waals surface area contributed by atoms with Crippen LogP contribution in [0.25, 0.3) is 0 Å².